The van der Waals surface area contributed by atoms with Crippen LogP contribution in [0.25, 0.3) is 0 Å². The summed E-state index contributed by atoms with van der Waals surface area (Å²) in [5.41, 5.74) is 1.25. The van der Waals surface area contributed by atoms with Gasteiger partial charge in [0, 0.05) is 24.2 Å². The van der Waals surface area contributed by atoms with Crippen molar-refractivity contribution in [1.82, 2.24) is 15.5 Å². The number of amides is 2. The van der Waals surface area contributed by atoms with Crippen molar-refractivity contribution < 1.29 is 23.5 Å². The predicted molar refractivity (Wildman–Crippen MR) is 133 cm³/mol. The highest BCUT2D eigenvalue weighted by atomic mass is 16.5. The molecule has 0 spiro atoms. The van der Waals surface area contributed by atoms with Gasteiger partial charge in [0.05, 0.1) is 18.6 Å². The first-order valence-corrected chi connectivity index (χ1v) is 11.9. The van der Waals surface area contributed by atoms with Gasteiger partial charge in [0.2, 0.25) is 0 Å². The van der Waals surface area contributed by atoms with E-state index in [9.17, 15) is 14.4 Å². The molecule has 2 N–H and O–H groups in total. The van der Waals surface area contributed by atoms with Crippen LogP contribution in [0.3, 0.4) is 0 Å². The molecular formula is C28H27N3O5. The summed E-state index contributed by atoms with van der Waals surface area (Å²) in [5.74, 6) is 0.436. The number of hydrogen-bond acceptors (Lipinski definition) is 6. The molecule has 2 aliphatic rings. The number of fused-ring (bicyclic) bond motifs is 1. The molecule has 1 saturated heterocycles. The van der Waals surface area contributed by atoms with Gasteiger partial charge in [-0.2, -0.15) is 0 Å². The second-order valence-electron chi connectivity index (χ2n) is 8.83. The quantitative estimate of drug-likeness (QED) is 0.519. The van der Waals surface area contributed by atoms with Crippen molar-refractivity contribution in [2.75, 3.05) is 20.2 Å². The van der Waals surface area contributed by atoms with Gasteiger partial charge in [-0.05, 0) is 61.9 Å². The Morgan fingerprint density at radius 3 is 2.44 bits per heavy atom. The van der Waals surface area contributed by atoms with E-state index in [4.69, 9.17) is 9.15 Å². The monoisotopic (exact) mass is 485 g/mol. The lowest BCUT2D eigenvalue weighted by molar-refractivity contribution is -0.133. The summed E-state index contributed by atoms with van der Waals surface area (Å²) in [4.78, 5) is 42.5. The highest BCUT2D eigenvalue weighted by molar-refractivity contribution is 6.12. The van der Waals surface area contributed by atoms with E-state index in [1.807, 2.05) is 6.07 Å². The molecule has 184 valence electrons. The Morgan fingerprint density at radius 1 is 1.03 bits per heavy atom. The summed E-state index contributed by atoms with van der Waals surface area (Å²) in [7, 11) is 1.56. The molecule has 2 atom stereocenters. The third-order valence-electron chi connectivity index (χ3n) is 6.54. The number of carbonyl (C=O) groups is 3. The first-order chi connectivity index (χ1) is 17.5. The number of furan rings is 1. The smallest absolute Gasteiger partial charge is 0.251 e. The Labute approximate surface area is 208 Å². The molecule has 0 aliphatic carbocycles. The maximum atomic E-state index is 14.0. The zero-order chi connectivity index (χ0) is 25.2. The minimum atomic E-state index is -1.02. The van der Waals surface area contributed by atoms with E-state index in [-0.39, 0.29) is 11.7 Å². The molecule has 0 radical (unpaired) electrons. The lowest BCUT2D eigenvalue weighted by Crippen LogP contribution is -2.59. The number of Topliss-reactive ketones (excluding diaryl/α,β-unsaturated/α-hetero) is 1. The van der Waals surface area contributed by atoms with Gasteiger partial charge in [-0.3, -0.25) is 19.3 Å². The normalized spacial score (nSPS) is 19.4. The van der Waals surface area contributed by atoms with Gasteiger partial charge < -0.3 is 19.8 Å². The summed E-state index contributed by atoms with van der Waals surface area (Å²) >= 11 is 0. The van der Waals surface area contributed by atoms with Gasteiger partial charge in [0.25, 0.3) is 11.8 Å². The number of rotatable bonds is 6. The van der Waals surface area contributed by atoms with Crippen LogP contribution < -0.4 is 15.4 Å². The van der Waals surface area contributed by atoms with Crippen LogP contribution in [0.2, 0.25) is 0 Å². The van der Waals surface area contributed by atoms with Crippen molar-refractivity contribution in [2.45, 2.75) is 25.3 Å². The van der Waals surface area contributed by atoms with Crippen molar-refractivity contribution >= 4 is 17.6 Å². The maximum Gasteiger partial charge on any atom is 0.251 e. The Hall–Kier alpha value is -4.33. The minimum Gasteiger partial charge on any atom is -0.497 e. The van der Waals surface area contributed by atoms with E-state index in [1.54, 1.807) is 79.6 Å². The largest absolute Gasteiger partial charge is 0.497 e. The second kappa shape index (κ2) is 9.73. The summed E-state index contributed by atoms with van der Waals surface area (Å²) in [6.07, 6.45) is 0.725. The number of methoxy groups -OCH3 is 1. The van der Waals surface area contributed by atoms with Crippen LogP contribution in [0, 0.1) is 6.92 Å². The first kappa shape index (κ1) is 23.4. The highest BCUT2D eigenvalue weighted by Crippen LogP contribution is 2.39. The van der Waals surface area contributed by atoms with Gasteiger partial charge in [-0.1, -0.05) is 18.2 Å². The average Bonchev–Trinajstić information content (AvgIpc) is 3.35. The van der Waals surface area contributed by atoms with Gasteiger partial charge >= 0.3 is 0 Å². The molecule has 3 aromatic rings. The van der Waals surface area contributed by atoms with Gasteiger partial charge in [-0.25, -0.2) is 0 Å². The molecule has 36 heavy (non-hydrogen) atoms. The molecule has 8 heteroatoms. The molecule has 3 heterocycles. The van der Waals surface area contributed by atoms with Crippen LogP contribution in [0.5, 0.6) is 5.75 Å². The number of aryl methyl sites for hydroxylation is 1. The standard InChI is InChI=1S/C28H27N3O5/c1-17-9-14-21(36-17)22-23(25(32)18-10-12-20(35-2)13-11-18)26-29-15-6-16-31(26)28(34)24(22)30-27(33)19-7-4-3-5-8-19/h3-5,7-14,22,24,29H,6,15-16H2,1-2H3,(H,30,33). The number of ketones is 1. The fourth-order valence-corrected chi connectivity index (χ4v) is 4.77. The topological polar surface area (TPSA) is 101 Å². The summed E-state index contributed by atoms with van der Waals surface area (Å²) < 4.78 is 11.2. The van der Waals surface area contributed by atoms with E-state index < -0.39 is 17.9 Å². The molecule has 2 aromatic carbocycles. The molecule has 2 amide bonds. The van der Waals surface area contributed by atoms with E-state index in [0.29, 0.717) is 52.9 Å². The van der Waals surface area contributed by atoms with Gasteiger partial charge in [-0.15, -0.1) is 0 Å². The number of hydrogen-bond donors (Lipinski definition) is 2. The highest BCUT2D eigenvalue weighted by Gasteiger charge is 2.48. The fourth-order valence-electron chi connectivity index (χ4n) is 4.77. The van der Waals surface area contributed by atoms with Crippen LogP contribution in [-0.2, 0) is 4.79 Å². The Bertz CT molecular complexity index is 1330. The molecule has 1 aromatic heterocycles. The molecule has 2 aliphatic heterocycles. The number of nitrogens with one attached hydrogen (secondary N) is 2. The van der Waals surface area contributed by atoms with Crippen LogP contribution in [0.1, 0.15) is 44.6 Å². The van der Waals surface area contributed by atoms with Crippen LogP contribution in [0.4, 0.5) is 0 Å². The van der Waals surface area contributed by atoms with Gasteiger partial charge in [0.1, 0.15) is 29.1 Å². The summed E-state index contributed by atoms with van der Waals surface area (Å²) in [5, 5.41) is 6.18. The van der Waals surface area contributed by atoms with E-state index in [2.05, 4.69) is 10.6 Å². The number of carbonyl (C=O) groups excluding carboxylic acids is 3. The molecule has 0 saturated carbocycles. The molecule has 0 bridgehead atoms. The number of ether oxygens (including phenoxy) is 1. The lowest BCUT2D eigenvalue weighted by atomic mass is 9.80. The Kier molecular flexibility index (Phi) is 6.33. The first-order valence-electron chi connectivity index (χ1n) is 11.9. The Morgan fingerprint density at radius 2 is 1.78 bits per heavy atom. The van der Waals surface area contributed by atoms with E-state index in [0.717, 1.165) is 6.42 Å². The van der Waals surface area contributed by atoms with Crippen molar-refractivity contribution in [3.8, 4) is 5.75 Å². The maximum absolute atomic E-state index is 14.0. The molecular weight excluding hydrogens is 458 g/mol. The van der Waals surface area contributed by atoms with E-state index >= 15 is 0 Å². The molecule has 5 rings (SSSR count). The molecule has 8 nitrogen and oxygen atoms in total. The average molecular weight is 486 g/mol. The second-order valence-corrected chi connectivity index (χ2v) is 8.83. The van der Waals surface area contributed by atoms with Crippen LogP contribution in [-0.4, -0.2) is 48.7 Å². The van der Waals surface area contributed by atoms with Crippen molar-refractivity contribution in [3.05, 3.63) is 101 Å². The molecule has 2 unspecified atom stereocenters. The SMILES string of the molecule is COc1ccc(C(=O)C2=C3NCCCN3C(=O)C(NC(=O)c3ccccc3)C2c2ccc(C)o2)cc1. The number of nitrogens with zero attached hydrogens (tertiary/aromatic N) is 1. The lowest BCUT2D eigenvalue weighted by Gasteiger charge is -2.42. The zero-order valence-corrected chi connectivity index (χ0v) is 20.1. The van der Waals surface area contributed by atoms with Crippen molar-refractivity contribution in [2.24, 2.45) is 0 Å². The Balaban J connectivity index is 1.63. The van der Waals surface area contributed by atoms with Crippen LogP contribution in [0.15, 0.2) is 82.5 Å². The number of benzene rings is 2. The van der Waals surface area contributed by atoms with Crippen LogP contribution >= 0.6 is 0 Å². The van der Waals surface area contributed by atoms with Gasteiger partial charge in [0.15, 0.2) is 5.78 Å². The predicted octanol–water partition coefficient (Wildman–Crippen LogP) is 3.41. The zero-order valence-electron chi connectivity index (χ0n) is 20.1. The van der Waals surface area contributed by atoms with Crippen molar-refractivity contribution in [3.63, 3.8) is 0 Å². The minimum absolute atomic E-state index is 0.252. The summed E-state index contributed by atoms with van der Waals surface area (Å²) in [6, 6.07) is 18.1. The summed E-state index contributed by atoms with van der Waals surface area (Å²) in [6.45, 7) is 2.88. The fraction of sp³-hybridized carbons (Fsp3) is 0.250. The van der Waals surface area contributed by atoms with E-state index in [1.165, 1.54) is 0 Å². The van der Waals surface area contributed by atoms with Crippen molar-refractivity contribution in [1.29, 1.82) is 0 Å². The molecule has 1 fully saturated rings. The third kappa shape index (κ3) is 4.26. The third-order valence-corrected chi connectivity index (χ3v) is 6.54.